The minimum absolute atomic E-state index is 0.833. The summed E-state index contributed by atoms with van der Waals surface area (Å²) in [5, 5.41) is 7.42. The van der Waals surface area contributed by atoms with Gasteiger partial charge in [-0.05, 0) is 0 Å². The van der Waals surface area contributed by atoms with Crippen LogP contribution in [0.1, 0.15) is 6.92 Å². The molecule has 0 atom stereocenters. The molecule has 0 aliphatic heterocycles. The Hall–Kier alpha value is -0.212. The molecule has 0 aliphatic carbocycles. The molecule has 0 spiro atoms. The molecule has 0 rings (SSSR count). The molecule has 0 bridgehead atoms. The molecule has 9 heavy (non-hydrogen) atoms. The third kappa shape index (κ3) is 5830. The quantitative estimate of drug-likeness (QED) is 0.545. The number of carbonyl (C=O) groups is 1. The molecule has 0 radical (unpaired) electrons. The molecule has 0 aromatic heterocycles. The first kappa shape index (κ1) is 11.6. The molecule has 0 amide bonds. The van der Waals surface area contributed by atoms with Gasteiger partial charge in [0.2, 0.25) is 0 Å². The van der Waals surface area contributed by atoms with Crippen molar-refractivity contribution in [2.45, 2.75) is 18.3 Å². The van der Waals surface area contributed by atoms with Gasteiger partial charge in [-0.25, -0.2) is 0 Å². The second-order valence-electron chi connectivity index (χ2n) is 1.81. The summed E-state index contributed by atoms with van der Waals surface area (Å²) < 4.78 is 18.0. The monoisotopic (exact) mass is 198 g/mol. The van der Waals surface area contributed by atoms with Crippen LogP contribution in [0.25, 0.3) is 0 Å². The van der Waals surface area contributed by atoms with Gasteiger partial charge < -0.3 is 5.11 Å². The zero-order valence-corrected chi connectivity index (χ0v) is 7.53. The average molecular weight is 198 g/mol. The SMILES string of the molecule is CC(=O)O.C[As](C)(=O)O. The summed E-state index contributed by atoms with van der Waals surface area (Å²) >= 11 is -3.12. The van der Waals surface area contributed by atoms with Gasteiger partial charge in [0.05, 0.1) is 0 Å². The fraction of sp³-hybridized carbons (Fsp3) is 0.750. The van der Waals surface area contributed by atoms with Crippen molar-refractivity contribution in [3.63, 3.8) is 0 Å². The van der Waals surface area contributed by atoms with E-state index in [2.05, 4.69) is 0 Å². The van der Waals surface area contributed by atoms with Gasteiger partial charge in [0.25, 0.3) is 5.97 Å². The van der Waals surface area contributed by atoms with E-state index in [1.54, 1.807) is 0 Å². The molecule has 0 saturated heterocycles. The number of carboxylic acid groups (broad SMARTS) is 1. The summed E-state index contributed by atoms with van der Waals surface area (Å²) in [4.78, 5) is 9.00. The molecule has 0 aromatic carbocycles. The summed E-state index contributed by atoms with van der Waals surface area (Å²) in [5.41, 5.74) is 2.72. The van der Waals surface area contributed by atoms with E-state index in [1.165, 1.54) is 11.4 Å². The number of carboxylic acids is 1. The molecule has 0 fully saturated rings. The van der Waals surface area contributed by atoms with E-state index in [-0.39, 0.29) is 0 Å². The van der Waals surface area contributed by atoms with Crippen LogP contribution < -0.4 is 0 Å². The van der Waals surface area contributed by atoms with Gasteiger partial charge in [0, 0.05) is 6.92 Å². The molecular formula is C4H11AsO4. The van der Waals surface area contributed by atoms with Gasteiger partial charge in [-0.2, -0.15) is 0 Å². The van der Waals surface area contributed by atoms with Crippen molar-refractivity contribution in [1.29, 1.82) is 0 Å². The molecule has 56 valence electrons. The zero-order chi connectivity index (χ0) is 8.08. The Kier molecular flexibility index (Phi) is 5.97. The maximum absolute atomic E-state index is 9.83. The standard InChI is InChI=1S/C2H7AsO2.C2H4O2/c1-3(2,4)5;1-2(3)4/h1-2H3,(H,4,5);1H3,(H,3,4). The van der Waals surface area contributed by atoms with Crippen molar-refractivity contribution < 1.29 is 17.7 Å². The molecule has 5 heteroatoms. The van der Waals surface area contributed by atoms with Gasteiger partial charge in [0.15, 0.2) is 0 Å². The maximum atomic E-state index is 9.83. The van der Waals surface area contributed by atoms with Crippen molar-refractivity contribution in [1.82, 2.24) is 0 Å². The summed E-state index contributed by atoms with van der Waals surface area (Å²) in [6.07, 6.45) is 0. The minimum atomic E-state index is -3.12. The van der Waals surface area contributed by atoms with Gasteiger partial charge in [-0.15, -0.1) is 0 Å². The van der Waals surface area contributed by atoms with Crippen LogP contribution in [-0.2, 0) is 8.53 Å². The number of hydrogen-bond donors (Lipinski definition) is 2. The van der Waals surface area contributed by atoms with Crippen LogP contribution >= 0.6 is 0 Å². The summed E-state index contributed by atoms with van der Waals surface area (Å²) in [6, 6.07) is 0. The van der Waals surface area contributed by atoms with Crippen LogP contribution in [0, 0.1) is 0 Å². The fourth-order valence-electron chi connectivity index (χ4n) is 0. The van der Waals surface area contributed by atoms with Crippen molar-refractivity contribution >= 4 is 19.8 Å². The van der Waals surface area contributed by atoms with Crippen LogP contribution in [0.15, 0.2) is 0 Å². The Labute approximate surface area is 56.5 Å². The van der Waals surface area contributed by atoms with E-state index in [0.29, 0.717) is 0 Å². The Balaban J connectivity index is 0. The van der Waals surface area contributed by atoms with E-state index in [1.807, 2.05) is 0 Å². The normalized spacial score (nSPS) is 9.33. The molecule has 0 saturated carbocycles. The number of rotatable bonds is 0. The van der Waals surface area contributed by atoms with Crippen LogP contribution in [0.4, 0.5) is 0 Å². The van der Waals surface area contributed by atoms with Crippen molar-refractivity contribution in [3.8, 4) is 0 Å². The van der Waals surface area contributed by atoms with Crippen LogP contribution in [-0.4, -0.2) is 29.0 Å². The third-order valence-electron chi connectivity index (χ3n) is 0. The van der Waals surface area contributed by atoms with E-state index in [9.17, 15) is 3.74 Å². The average Bonchev–Trinajstić information content (AvgIpc) is 1.19. The van der Waals surface area contributed by atoms with Crippen LogP contribution in [0.5, 0.6) is 0 Å². The predicted octanol–water partition coefficient (Wildman–Crippen LogP) is 0.202. The first-order chi connectivity index (χ1) is 3.73. The predicted molar refractivity (Wildman–Crippen MR) is 33.7 cm³/mol. The third-order valence-corrected chi connectivity index (χ3v) is 0. The molecule has 4 nitrogen and oxygen atoms in total. The molecule has 0 heterocycles. The van der Waals surface area contributed by atoms with Crippen molar-refractivity contribution in [3.05, 3.63) is 0 Å². The van der Waals surface area contributed by atoms with Gasteiger partial charge >= 0.3 is 33.1 Å². The summed E-state index contributed by atoms with van der Waals surface area (Å²) in [5.74, 6) is -0.833. The van der Waals surface area contributed by atoms with E-state index in [4.69, 9.17) is 14.0 Å². The Morgan fingerprint density at radius 2 is 1.44 bits per heavy atom. The second kappa shape index (κ2) is 4.65. The van der Waals surface area contributed by atoms with Gasteiger partial charge in [-0.3, -0.25) is 4.79 Å². The molecule has 0 aromatic rings. The fourth-order valence-corrected chi connectivity index (χ4v) is 0. The summed E-state index contributed by atoms with van der Waals surface area (Å²) in [6.45, 7) is 1.08. The van der Waals surface area contributed by atoms with Crippen molar-refractivity contribution in [2.75, 3.05) is 0 Å². The second-order valence-corrected chi connectivity index (χ2v) is 7.24. The van der Waals surface area contributed by atoms with E-state index in [0.717, 1.165) is 6.92 Å². The number of hydrogen-bond acceptors (Lipinski definition) is 2. The topological polar surface area (TPSA) is 74.6 Å². The molecule has 2 N–H and O–H groups in total. The van der Waals surface area contributed by atoms with Crippen LogP contribution in [0.3, 0.4) is 0 Å². The Morgan fingerprint density at radius 3 is 1.44 bits per heavy atom. The first-order valence-corrected chi connectivity index (χ1v) is 7.56. The zero-order valence-electron chi connectivity index (χ0n) is 5.66. The van der Waals surface area contributed by atoms with Gasteiger partial charge in [0.1, 0.15) is 0 Å². The van der Waals surface area contributed by atoms with Crippen LogP contribution in [0.2, 0.25) is 11.4 Å². The summed E-state index contributed by atoms with van der Waals surface area (Å²) in [7, 11) is 0. The Morgan fingerprint density at radius 1 is 1.44 bits per heavy atom. The molecule has 0 unspecified atom stereocenters. The van der Waals surface area contributed by atoms with E-state index < -0.39 is 19.8 Å². The molecule has 0 aliphatic rings. The van der Waals surface area contributed by atoms with Gasteiger partial charge in [-0.1, -0.05) is 0 Å². The number of aliphatic carboxylic acids is 1. The first-order valence-electron chi connectivity index (χ1n) is 2.20. The molecular weight excluding hydrogens is 187 g/mol. The van der Waals surface area contributed by atoms with Crippen molar-refractivity contribution in [2.24, 2.45) is 0 Å². The Bertz CT molecular complexity index is 112. The van der Waals surface area contributed by atoms with E-state index >= 15 is 0 Å².